The van der Waals surface area contributed by atoms with Gasteiger partial charge in [-0.05, 0) is 18.6 Å². The van der Waals surface area contributed by atoms with E-state index in [4.69, 9.17) is 0 Å². The molecule has 0 atom stereocenters. The summed E-state index contributed by atoms with van der Waals surface area (Å²) >= 11 is 3.43. The molecule has 1 aromatic rings. The Balaban J connectivity index is 3.04. The predicted molar refractivity (Wildman–Crippen MR) is 53.5 cm³/mol. The molecular weight excluding hydrogens is 218 g/mol. The number of oxime groups is 1. The lowest BCUT2D eigenvalue weighted by molar-refractivity contribution is 0.215. The second-order valence-electron chi connectivity index (χ2n) is 2.39. The summed E-state index contributed by atoms with van der Waals surface area (Å²) < 4.78 is 1.03. The monoisotopic (exact) mass is 227 g/mol. The van der Waals surface area contributed by atoms with Crippen LogP contribution in [0, 0.1) is 6.92 Å². The average Bonchev–Trinajstić information content (AvgIpc) is 2.04. The number of aryl methyl sites for hydroxylation is 1. The summed E-state index contributed by atoms with van der Waals surface area (Å²) in [5.41, 5.74) is 2.23. The van der Waals surface area contributed by atoms with Crippen molar-refractivity contribution < 1.29 is 4.84 Å². The molecule has 0 heterocycles. The van der Waals surface area contributed by atoms with Crippen LogP contribution in [0.15, 0.2) is 27.8 Å². The Morgan fingerprint density at radius 3 is 2.83 bits per heavy atom. The number of hydrogen-bond acceptors (Lipinski definition) is 2. The van der Waals surface area contributed by atoms with Gasteiger partial charge in [0.05, 0.1) is 6.21 Å². The minimum atomic E-state index is 1.03. The molecule has 0 amide bonds. The van der Waals surface area contributed by atoms with Crippen LogP contribution in [-0.4, -0.2) is 13.3 Å². The summed E-state index contributed by atoms with van der Waals surface area (Å²) in [6.45, 7) is 2.03. The summed E-state index contributed by atoms with van der Waals surface area (Å²) in [6.07, 6.45) is 1.69. The van der Waals surface area contributed by atoms with Gasteiger partial charge in [-0.25, -0.2) is 0 Å². The zero-order valence-electron chi connectivity index (χ0n) is 7.04. The molecule has 0 N–H and O–H groups in total. The molecule has 0 unspecified atom stereocenters. The molecule has 3 heteroatoms. The smallest absolute Gasteiger partial charge is 0.106 e. The summed E-state index contributed by atoms with van der Waals surface area (Å²) in [7, 11) is 1.53. The maximum atomic E-state index is 4.60. The first-order chi connectivity index (χ1) is 5.75. The van der Waals surface area contributed by atoms with Crippen LogP contribution in [0.4, 0.5) is 0 Å². The molecule has 1 aromatic carbocycles. The lowest BCUT2D eigenvalue weighted by atomic mass is 10.1. The second kappa shape index (κ2) is 4.26. The molecule has 1 rings (SSSR count). The van der Waals surface area contributed by atoms with Crippen LogP contribution < -0.4 is 0 Å². The topological polar surface area (TPSA) is 21.6 Å². The van der Waals surface area contributed by atoms with E-state index in [9.17, 15) is 0 Å². The van der Waals surface area contributed by atoms with E-state index in [1.54, 1.807) is 6.21 Å². The van der Waals surface area contributed by atoms with Crippen molar-refractivity contribution in [2.24, 2.45) is 5.16 Å². The molecule has 0 saturated carbocycles. The molecule has 0 spiro atoms. The fourth-order valence-electron chi connectivity index (χ4n) is 0.914. The van der Waals surface area contributed by atoms with Crippen molar-refractivity contribution in [3.05, 3.63) is 33.8 Å². The zero-order chi connectivity index (χ0) is 8.97. The van der Waals surface area contributed by atoms with E-state index in [0.717, 1.165) is 10.0 Å². The molecule has 0 aliphatic heterocycles. The first kappa shape index (κ1) is 9.26. The lowest BCUT2D eigenvalue weighted by Gasteiger charge is -2.00. The number of rotatable bonds is 2. The van der Waals surface area contributed by atoms with Gasteiger partial charge in [-0.2, -0.15) is 0 Å². The lowest BCUT2D eigenvalue weighted by Crippen LogP contribution is -1.88. The summed E-state index contributed by atoms with van der Waals surface area (Å²) in [6, 6.07) is 6.00. The van der Waals surface area contributed by atoms with E-state index in [1.165, 1.54) is 12.7 Å². The van der Waals surface area contributed by atoms with Gasteiger partial charge in [0.15, 0.2) is 0 Å². The van der Waals surface area contributed by atoms with Crippen LogP contribution in [0.2, 0.25) is 0 Å². The fraction of sp³-hybridized carbons (Fsp3) is 0.222. The highest BCUT2D eigenvalue weighted by atomic mass is 79.9. The van der Waals surface area contributed by atoms with Crippen LogP contribution in [0.3, 0.4) is 0 Å². The Kier molecular flexibility index (Phi) is 3.29. The van der Waals surface area contributed by atoms with Gasteiger partial charge >= 0.3 is 0 Å². The van der Waals surface area contributed by atoms with Crippen LogP contribution in [0.25, 0.3) is 0 Å². The molecular formula is C9H10BrNO. The molecule has 0 aliphatic carbocycles. The van der Waals surface area contributed by atoms with Gasteiger partial charge in [-0.15, -0.1) is 0 Å². The van der Waals surface area contributed by atoms with Crippen molar-refractivity contribution in [3.8, 4) is 0 Å². The van der Waals surface area contributed by atoms with E-state index in [-0.39, 0.29) is 0 Å². The zero-order valence-corrected chi connectivity index (χ0v) is 8.63. The van der Waals surface area contributed by atoms with Crippen LogP contribution in [-0.2, 0) is 4.84 Å². The summed E-state index contributed by atoms with van der Waals surface area (Å²) in [4.78, 5) is 4.60. The Morgan fingerprint density at radius 2 is 2.25 bits per heavy atom. The Hall–Kier alpha value is -0.830. The normalized spacial score (nSPS) is 10.6. The van der Waals surface area contributed by atoms with Crippen molar-refractivity contribution in [3.63, 3.8) is 0 Å². The maximum Gasteiger partial charge on any atom is 0.106 e. The number of halogens is 1. The molecule has 0 aromatic heterocycles. The standard InChI is InChI=1S/C9H10BrNO/c1-7-4-3-5-9(10)8(7)6-11-12-2/h3-6H,1-2H3. The number of benzene rings is 1. The van der Waals surface area contributed by atoms with Gasteiger partial charge in [-0.3, -0.25) is 0 Å². The van der Waals surface area contributed by atoms with Gasteiger partial charge in [0.2, 0.25) is 0 Å². The molecule has 0 bridgehead atoms. The van der Waals surface area contributed by atoms with Crippen molar-refractivity contribution in [1.82, 2.24) is 0 Å². The highest BCUT2D eigenvalue weighted by molar-refractivity contribution is 9.10. The minimum absolute atomic E-state index is 1.03. The van der Waals surface area contributed by atoms with Crippen LogP contribution >= 0.6 is 15.9 Å². The third kappa shape index (κ3) is 2.08. The minimum Gasteiger partial charge on any atom is -0.399 e. The molecule has 0 fully saturated rings. The van der Waals surface area contributed by atoms with E-state index < -0.39 is 0 Å². The largest absolute Gasteiger partial charge is 0.399 e. The second-order valence-corrected chi connectivity index (χ2v) is 3.24. The molecule has 0 radical (unpaired) electrons. The van der Waals surface area contributed by atoms with Crippen molar-refractivity contribution in [1.29, 1.82) is 0 Å². The average molecular weight is 228 g/mol. The molecule has 0 aliphatic rings. The Bertz CT molecular complexity index is 276. The third-order valence-corrected chi connectivity index (χ3v) is 2.25. The summed E-state index contributed by atoms with van der Waals surface area (Å²) in [5, 5.41) is 3.71. The van der Waals surface area contributed by atoms with Crippen LogP contribution in [0.5, 0.6) is 0 Å². The first-order valence-corrected chi connectivity index (χ1v) is 4.36. The third-order valence-electron chi connectivity index (χ3n) is 1.56. The van der Waals surface area contributed by atoms with Crippen molar-refractivity contribution in [2.75, 3.05) is 7.11 Å². The number of nitrogens with zero attached hydrogens (tertiary/aromatic N) is 1. The molecule has 0 saturated heterocycles. The number of hydrogen-bond donors (Lipinski definition) is 0. The SMILES string of the molecule is CON=Cc1c(C)cccc1Br. The van der Waals surface area contributed by atoms with E-state index in [1.807, 2.05) is 25.1 Å². The molecule has 2 nitrogen and oxygen atoms in total. The Labute approximate surface area is 80.4 Å². The van der Waals surface area contributed by atoms with Crippen molar-refractivity contribution >= 4 is 22.1 Å². The maximum absolute atomic E-state index is 4.60. The van der Waals surface area contributed by atoms with Gasteiger partial charge in [0.25, 0.3) is 0 Å². The Morgan fingerprint density at radius 1 is 1.50 bits per heavy atom. The highest BCUT2D eigenvalue weighted by Crippen LogP contribution is 2.17. The summed E-state index contributed by atoms with van der Waals surface area (Å²) in [5.74, 6) is 0. The highest BCUT2D eigenvalue weighted by Gasteiger charge is 1.98. The van der Waals surface area contributed by atoms with Crippen molar-refractivity contribution in [2.45, 2.75) is 6.92 Å². The van der Waals surface area contributed by atoms with E-state index >= 15 is 0 Å². The molecule has 64 valence electrons. The van der Waals surface area contributed by atoms with E-state index in [0.29, 0.717) is 0 Å². The quantitative estimate of drug-likeness (QED) is 0.563. The molecule has 12 heavy (non-hydrogen) atoms. The van der Waals surface area contributed by atoms with Gasteiger partial charge in [0.1, 0.15) is 7.11 Å². The fourth-order valence-corrected chi connectivity index (χ4v) is 1.48. The van der Waals surface area contributed by atoms with Gasteiger partial charge < -0.3 is 4.84 Å². The van der Waals surface area contributed by atoms with Crippen LogP contribution in [0.1, 0.15) is 11.1 Å². The van der Waals surface area contributed by atoms with Gasteiger partial charge in [0, 0.05) is 10.0 Å². The predicted octanol–water partition coefficient (Wildman–Crippen LogP) is 2.74. The first-order valence-electron chi connectivity index (χ1n) is 3.57. The van der Waals surface area contributed by atoms with E-state index in [2.05, 4.69) is 25.9 Å². The van der Waals surface area contributed by atoms with Gasteiger partial charge in [-0.1, -0.05) is 33.2 Å².